The number of nitrogens with one attached hydrogen (secondary N) is 1. The van der Waals surface area contributed by atoms with Gasteiger partial charge >= 0.3 is 0 Å². The Morgan fingerprint density at radius 1 is 1.17 bits per heavy atom. The molecular formula is C22H24Cl2N2O3. The van der Waals surface area contributed by atoms with E-state index in [1.807, 2.05) is 32.0 Å². The van der Waals surface area contributed by atoms with Crippen LogP contribution in [0.3, 0.4) is 0 Å². The number of hydrogen-bond donors (Lipinski definition) is 1. The second-order valence-corrected chi connectivity index (χ2v) is 8.00. The van der Waals surface area contributed by atoms with E-state index in [0.717, 1.165) is 29.7 Å². The highest BCUT2D eigenvalue weighted by molar-refractivity contribution is 6.43. The summed E-state index contributed by atoms with van der Waals surface area (Å²) in [6, 6.07) is 10.6. The van der Waals surface area contributed by atoms with Crippen LogP contribution in [-0.4, -0.2) is 42.5 Å². The van der Waals surface area contributed by atoms with E-state index in [2.05, 4.69) is 5.32 Å². The molecule has 0 aromatic heterocycles. The molecule has 0 radical (unpaired) electrons. The van der Waals surface area contributed by atoms with Crippen molar-refractivity contribution in [2.24, 2.45) is 0 Å². The molecule has 2 aromatic carbocycles. The number of ether oxygens (including phenoxy) is 1. The van der Waals surface area contributed by atoms with Gasteiger partial charge in [0.2, 0.25) is 5.91 Å². The fourth-order valence-corrected chi connectivity index (χ4v) is 3.72. The van der Waals surface area contributed by atoms with Crippen molar-refractivity contribution in [3.63, 3.8) is 0 Å². The summed E-state index contributed by atoms with van der Waals surface area (Å²) in [5.74, 6) is -0.618. The van der Waals surface area contributed by atoms with Crippen LogP contribution in [0.2, 0.25) is 10.0 Å². The van der Waals surface area contributed by atoms with Gasteiger partial charge in [-0.15, -0.1) is 0 Å². The number of halogens is 2. The molecule has 1 aliphatic heterocycles. The van der Waals surface area contributed by atoms with E-state index in [9.17, 15) is 9.59 Å². The van der Waals surface area contributed by atoms with Crippen molar-refractivity contribution < 1.29 is 14.3 Å². The lowest BCUT2D eigenvalue weighted by molar-refractivity contribution is -0.117. The quantitative estimate of drug-likeness (QED) is 0.705. The third kappa shape index (κ3) is 5.30. The van der Waals surface area contributed by atoms with Crippen molar-refractivity contribution in [2.75, 3.05) is 25.0 Å². The zero-order valence-corrected chi connectivity index (χ0v) is 18.0. The summed E-state index contributed by atoms with van der Waals surface area (Å²) in [4.78, 5) is 27.4. The average molecular weight is 435 g/mol. The molecule has 29 heavy (non-hydrogen) atoms. The minimum absolute atomic E-state index is 0.0922. The van der Waals surface area contributed by atoms with Gasteiger partial charge in [-0.25, -0.2) is 0 Å². The lowest BCUT2D eigenvalue weighted by Gasteiger charge is -2.26. The first-order valence-electron chi connectivity index (χ1n) is 9.57. The Balaban J connectivity index is 1.79. The van der Waals surface area contributed by atoms with Gasteiger partial charge in [0.25, 0.3) is 5.91 Å². The minimum atomic E-state index is -0.343. The first-order chi connectivity index (χ1) is 13.9. The Bertz CT molecular complexity index is 911. The fourth-order valence-electron chi connectivity index (χ4n) is 3.34. The van der Waals surface area contributed by atoms with Gasteiger partial charge in [0, 0.05) is 18.8 Å². The zero-order chi connectivity index (χ0) is 21.0. The number of benzene rings is 2. The Labute approximate surface area is 180 Å². The largest absolute Gasteiger partial charge is 0.376 e. The van der Waals surface area contributed by atoms with Crippen molar-refractivity contribution in [3.8, 4) is 0 Å². The molecule has 1 saturated heterocycles. The summed E-state index contributed by atoms with van der Waals surface area (Å²) in [7, 11) is 0. The molecule has 1 aliphatic rings. The second-order valence-electron chi connectivity index (χ2n) is 7.22. The number of nitrogens with zero attached hydrogens (tertiary/aromatic N) is 1. The van der Waals surface area contributed by atoms with Crippen LogP contribution in [-0.2, 0) is 9.53 Å². The Kier molecular flexibility index (Phi) is 7.17. The third-order valence-electron chi connectivity index (χ3n) is 5.13. The average Bonchev–Trinajstić information content (AvgIpc) is 3.20. The zero-order valence-electron chi connectivity index (χ0n) is 16.5. The molecule has 1 unspecified atom stereocenters. The number of aryl methyl sites for hydroxylation is 1. The molecule has 0 saturated carbocycles. The van der Waals surface area contributed by atoms with Crippen molar-refractivity contribution >= 4 is 40.7 Å². The molecule has 5 nitrogen and oxygen atoms in total. The molecule has 1 heterocycles. The van der Waals surface area contributed by atoms with Gasteiger partial charge < -0.3 is 15.0 Å². The van der Waals surface area contributed by atoms with Gasteiger partial charge in [-0.3, -0.25) is 9.59 Å². The number of carbonyl (C=O) groups is 2. The maximum Gasteiger partial charge on any atom is 0.255 e. The standard InChI is InChI=1S/C22H24Cl2N2O3/c1-14-6-3-10-19(15(14)2)25-20(27)13-26(12-16-7-5-11-29-16)22(28)17-8-4-9-18(23)21(17)24/h3-4,6,8-10,16H,5,7,11-13H2,1-2H3,(H,25,27). The highest BCUT2D eigenvalue weighted by atomic mass is 35.5. The van der Waals surface area contributed by atoms with Crippen molar-refractivity contribution in [1.29, 1.82) is 0 Å². The lowest BCUT2D eigenvalue weighted by Crippen LogP contribution is -2.42. The van der Waals surface area contributed by atoms with Crippen molar-refractivity contribution in [3.05, 3.63) is 63.1 Å². The first kappa shape index (κ1) is 21.6. The number of hydrogen-bond acceptors (Lipinski definition) is 3. The van der Waals surface area contributed by atoms with E-state index in [-0.39, 0.29) is 35.0 Å². The smallest absolute Gasteiger partial charge is 0.255 e. The van der Waals surface area contributed by atoms with Crippen LogP contribution in [0, 0.1) is 13.8 Å². The molecular weight excluding hydrogens is 411 g/mol. The van der Waals surface area contributed by atoms with E-state index in [4.69, 9.17) is 27.9 Å². The summed E-state index contributed by atoms with van der Waals surface area (Å²) in [5.41, 5.74) is 3.09. The molecule has 154 valence electrons. The molecule has 1 fully saturated rings. The minimum Gasteiger partial charge on any atom is -0.376 e. The predicted octanol–water partition coefficient (Wildman–Crippen LogP) is 4.87. The molecule has 2 aromatic rings. The molecule has 0 bridgehead atoms. The van der Waals surface area contributed by atoms with Gasteiger partial charge in [0.1, 0.15) is 6.54 Å². The SMILES string of the molecule is Cc1cccc(NC(=O)CN(CC2CCCO2)C(=O)c2cccc(Cl)c2Cl)c1C. The molecule has 2 amide bonds. The fraction of sp³-hybridized carbons (Fsp3) is 0.364. The summed E-state index contributed by atoms with van der Waals surface area (Å²) < 4.78 is 5.67. The van der Waals surface area contributed by atoms with Crippen LogP contribution in [0.15, 0.2) is 36.4 Å². The lowest BCUT2D eigenvalue weighted by atomic mass is 10.1. The Morgan fingerprint density at radius 2 is 1.93 bits per heavy atom. The topological polar surface area (TPSA) is 58.6 Å². The summed E-state index contributed by atoms with van der Waals surface area (Å²) in [6.45, 7) is 4.82. The molecule has 0 aliphatic carbocycles. The Morgan fingerprint density at radius 3 is 2.66 bits per heavy atom. The predicted molar refractivity (Wildman–Crippen MR) is 116 cm³/mol. The van der Waals surface area contributed by atoms with Crippen LogP contribution in [0.4, 0.5) is 5.69 Å². The van der Waals surface area contributed by atoms with Crippen LogP contribution < -0.4 is 5.32 Å². The molecule has 7 heteroatoms. The summed E-state index contributed by atoms with van der Waals surface area (Å²) in [5, 5.41) is 3.39. The van der Waals surface area contributed by atoms with Crippen molar-refractivity contribution in [1.82, 2.24) is 4.90 Å². The van der Waals surface area contributed by atoms with Gasteiger partial charge in [-0.2, -0.15) is 0 Å². The highest BCUT2D eigenvalue weighted by Crippen LogP contribution is 2.27. The maximum atomic E-state index is 13.2. The van der Waals surface area contributed by atoms with E-state index in [0.29, 0.717) is 18.2 Å². The molecule has 1 N–H and O–H groups in total. The van der Waals surface area contributed by atoms with E-state index in [1.54, 1.807) is 18.2 Å². The number of amides is 2. The second kappa shape index (κ2) is 9.61. The summed E-state index contributed by atoms with van der Waals surface area (Å²) in [6.07, 6.45) is 1.70. The normalized spacial score (nSPS) is 15.9. The summed E-state index contributed by atoms with van der Waals surface area (Å²) >= 11 is 12.3. The molecule has 1 atom stereocenters. The molecule has 3 rings (SSSR count). The number of rotatable bonds is 6. The number of carbonyl (C=O) groups excluding carboxylic acids is 2. The monoisotopic (exact) mass is 434 g/mol. The highest BCUT2D eigenvalue weighted by Gasteiger charge is 2.27. The van der Waals surface area contributed by atoms with Crippen LogP contribution in [0.1, 0.15) is 34.3 Å². The van der Waals surface area contributed by atoms with Gasteiger partial charge in [-0.05, 0) is 56.0 Å². The van der Waals surface area contributed by atoms with Crippen LogP contribution in [0.5, 0.6) is 0 Å². The van der Waals surface area contributed by atoms with Gasteiger partial charge in [0.15, 0.2) is 0 Å². The van der Waals surface area contributed by atoms with E-state index in [1.165, 1.54) is 4.90 Å². The van der Waals surface area contributed by atoms with Crippen LogP contribution in [0.25, 0.3) is 0 Å². The number of anilines is 1. The van der Waals surface area contributed by atoms with Crippen LogP contribution >= 0.6 is 23.2 Å². The van der Waals surface area contributed by atoms with E-state index >= 15 is 0 Å². The maximum absolute atomic E-state index is 13.2. The van der Waals surface area contributed by atoms with Crippen molar-refractivity contribution in [2.45, 2.75) is 32.8 Å². The first-order valence-corrected chi connectivity index (χ1v) is 10.3. The molecule has 0 spiro atoms. The third-order valence-corrected chi connectivity index (χ3v) is 5.95. The van der Waals surface area contributed by atoms with Gasteiger partial charge in [0.05, 0.1) is 21.7 Å². The van der Waals surface area contributed by atoms with E-state index < -0.39 is 0 Å². The Hall–Kier alpha value is -2.08. The van der Waals surface area contributed by atoms with Gasteiger partial charge in [-0.1, -0.05) is 41.4 Å².